The van der Waals surface area contributed by atoms with Crippen LogP contribution in [0.15, 0.2) is 27.6 Å². The minimum atomic E-state index is -3.60. The standard InChI is InChI=1S/C15H18N6O3S2/c1-2-13-16-14(24-17-13)10-20-6-8-21(9-7-20)26(22,23)12-5-3-4-11-15(12)19-25-18-11/h3-5H,2,6-10H2,1H3. The zero-order valence-electron chi connectivity index (χ0n) is 14.2. The highest BCUT2D eigenvalue weighted by Gasteiger charge is 2.31. The summed E-state index contributed by atoms with van der Waals surface area (Å²) in [6, 6.07) is 5.06. The highest BCUT2D eigenvalue weighted by atomic mass is 32.2. The zero-order chi connectivity index (χ0) is 18.1. The molecule has 0 atom stereocenters. The van der Waals surface area contributed by atoms with Crippen molar-refractivity contribution in [3.05, 3.63) is 29.9 Å². The molecule has 1 aromatic carbocycles. The van der Waals surface area contributed by atoms with Crippen LogP contribution in [0, 0.1) is 0 Å². The van der Waals surface area contributed by atoms with Crippen molar-refractivity contribution in [2.24, 2.45) is 0 Å². The second kappa shape index (κ2) is 6.99. The molecule has 4 rings (SSSR count). The van der Waals surface area contributed by atoms with Crippen LogP contribution in [-0.4, -0.2) is 62.7 Å². The van der Waals surface area contributed by atoms with E-state index < -0.39 is 10.0 Å². The lowest BCUT2D eigenvalue weighted by Crippen LogP contribution is -2.48. The predicted octanol–water partition coefficient (Wildman–Crippen LogP) is 1.14. The summed E-state index contributed by atoms with van der Waals surface area (Å²) in [6.45, 7) is 4.53. The number of hydrogen-bond donors (Lipinski definition) is 0. The first-order valence-electron chi connectivity index (χ1n) is 8.33. The molecule has 9 nitrogen and oxygen atoms in total. The van der Waals surface area contributed by atoms with Gasteiger partial charge >= 0.3 is 0 Å². The Morgan fingerprint density at radius 3 is 2.73 bits per heavy atom. The third-order valence-electron chi connectivity index (χ3n) is 4.38. The Balaban J connectivity index is 1.46. The summed E-state index contributed by atoms with van der Waals surface area (Å²) in [5.41, 5.74) is 1.05. The Kier molecular flexibility index (Phi) is 4.69. The third kappa shape index (κ3) is 3.22. The second-order valence-electron chi connectivity index (χ2n) is 6.03. The molecule has 3 aromatic rings. The van der Waals surface area contributed by atoms with E-state index in [4.69, 9.17) is 4.52 Å². The molecule has 3 heterocycles. The van der Waals surface area contributed by atoms with E-state index in [0.717, 1.165) is 18.1 Å². The Bertz CT molecular complexity index is 1010. The van der Waals surface area contributed by atoms with Crippen molar-refractivity contribution in [1.82, 2.24) is 28.1 Å². The maximum absolute atomic E-state index is 13.0. The largest absolute Gasteiger partial charge is 0.338 e. The molecular weight excluding hydrogens is 376 g/mol. The monoisotopic (exact) mass is 394 g/mol. The highest BCUT2D eigenvalue weighted by Crippen LogP contribution is 2.25. The van der Waals surface area contributed by atoms with Gasteiger partial charge in [-0.2, -0.15) is 18.0 Å². The second-order valence-corrected chi connectivity index (χ2v) is 8.46. The summed E-state index contributed by atoms with van der Waals surface area (Å²) in [5, 5.41) is 3.89. The van der Waals surface area contributed by atoms with E-state index in [1.165, 1.54) is 4.31 Å². The lowest BCUT2D eigenvalue weighted by Gasteiger charge is -2.33. The number of aromatic nitrogens is 4. The van der Waals surface area contributed by atoms with Crippen LogP contribution in [0.5, 0.6) is 0 Å². The Hall–Kier alpha value is -1.95. The van der Waals surface area contributed by atoms with E-state index in [9.17, 15) is 8.42 Å². The Morgan fingerprint density at radius 1 is 1.19 bits per heavy atom. The lowest BCUT2D eigenvalue weighted by molar-refractivity contribution is 0.163. The SMILES string of the molecule is CCc1noc(CN2CCN(S(=O)(=O)c3cccc4nsnc34)CC2)n1. The van der Waals surface area contributed by atoms with Crippen LogP contribution in [0.25, 0.3) is 11.0 Å². The molecule has 0 radical (unpaired) electrons. The summed E-state index contributed by atoms with van der Waals surface area (Å²) in [4.78, 5) is 6.64. The van der Waals surface area contributed by atoms with Crippen LogP contribution in [0.4, 0.5) is 0 Å². The van der Waals surface area contributed by atoms with Crippen LogP contribution < -0.4 is 0 Å². The molecule has 1 fully saturated rings. The van der Waals surface area contributed by atoms with Gasteiger partial charge in [-0.05, 0) is 12.1 Å². The first-order valence-corrected chi connectivity index (χ1v) is 10.5. The molecule has 0 aliphatic carbocycles. The van der Waals surface area contributed by atoms with Crippen molar-refractivity contribution in [3.63, 3.8) is 0 Å². The summed E-state index contributed by atoms with van der Waals surface area (Å²) >= 11 is 1.02. The Morgan fingerprint density at radius 2 is 2.00 bits per heavy atom. The van der Waals surface area contributed by atoms with Gasteiger partial charge in [0.15, 0.2) is 5.82 Å². The van der Waals surface area contributed by atoms with Gasteiger partial charge in [0.2, 0.25) is 15.9 Å². The van der Waals surface area contributed by atoms with Gasteiger partial charge in [0, 0.05) is 32.6 Å². The predicted molar refractivity (Wildman–Crippen MR) is 95.1 cm³/mol. The van der Waals surface area contributed by atoms with Crippen LogP contribution in [0.2, 0.25) is 0 Å². The van der Waals surface area contributed by atoms with E-state index >= 15 is 0 Å². The number of hydrogen-bond acceptors (Lipinski definition) is 9. The first-order chi connectivity index (χ1) is 12.6. The normalized spacial score (nSPS) is 17.1. The molecule has 1 aliphatic rings. The minimum absolute atomic E-state index is 0.224. The zero-order valence-corrected chi connectivity index (χ0v) is 15.8. The summed E-state index contributed by atoms with van der Waals surface area (Å²) in [6.07, 6.45) is 0.729. The van der Waals surface area contributed by atoms with Gasteiger partial charge < -0.3 is 4.52 Å². The third-order valence-corrected chi connectivity index (χ3v) is 6.86. The number of sulfonamides is 1. The fourth-order valence-corrected chi connectivity index (χ4v) is 5.12. The quantitative estimate of drug-likeness (QED) is 0.634. The summed E-state index contributed by atoms with van der Waals surface area (Å²) in [5.74, 6) is 1.25. The molecule has 2 aromatic heterocycles. The van der Waals surface area contributed by atoms with Gasteiger partial charge in [-0.1, -0.05) is 18.1 Å². The molecule has 0 unspecified atom stereocenters. The maximum Gasteiger partial charge on any atom is 0.245 e. The van der Waals surface area contributed by atoms with Crippen molar-refractivity contribution in [2.75, 3.05) is 26.2 Å². The lowest BCUT2D eigenvalue weighted by atomic mass is 10.3. The van der Waals surface area contributed by atoms with Crippen molar-refractivity contribution < 1.29 is 12.9 Å². The van der Waals surface area contributed by atoms with E-state index in [1.807, 2.05) is 6.92 Å². The average molecular weight is 394 g/mol. The van der Waals surface area contributed by atoms with Crippen LogP contribution >= 0.6 is 11.7 Å². The molecule has 0 N–H and O–H groups in total. The van der Waals surface area contributed by atoms with Gasteiger partial charge in [-0.3, -0.25) is 4.90 Å². The molecule has 26 heavy (non-hydrogen) atoms. The van der Waals surface area contributed by atoms with Crippen LogP contribution in [0.3, 0.4) is 0 Å². The first kappa shape index (κ1) is 17.5. The number of nitrogens with zero attached hydrogens (tertiary/aromatic N) is 6. The molecule has 0 saturated carbocycles. The average Bonchev–Trinajstić information content (AvgIpc) is 3.30. The topological polar surface area (TPSA) is 105 Å². The minimum Gasteiger partial charge on any atom is -0.338 e. The molecule has 1 saturated heterocycles. The maximum atomic E-state index is 13.0. The molecule has 11 heteroatoms. The molecule has 1 aliphatic heterocycles. The summed E-state index contributed by atoms with van der Waals surface area (Å²) in [7, 11) is -3.60. The molecule has 0 spiro atoms. The van der Waals surface area contributed by atoms with Crippen molar-refractivity contribution in [1.29, 1.82) is 0 Å². The van der Waals surface area contributed by atoms with Crippen LogP contribution in [-0.2, 0) is 23.0 Å². The number of benzene rings is 1. The van der Waals surface area contributed by atoms with E-state index in [0.29, 0.717) is 55.5 Å². The van der Waals surface area contributed by atoms with E-state index in [2.05, 4.69) is 23.8 Å². The number of aryl methyl sites for hydroxylation is 1. The number of piperazine rings is 1. The molecule has 0 amide bonds. The fourth-order valence-electron chi connectivity index (χ4n) is 2.95. The molecule has 138 valence electrons. The van der Waals surface area contributed by atoms with E-state index in [-0.39, 0.29) is 4.90 Å². The van der Waals surface area contributed by atoms with Gasteiger partial charge in [-0.15, -0.1) is 0 Å². The van der Waals surface area contributed by atoms with Gasteiger partial charge in [0.25, 0.3) is 0 Å². The number of rotatable bonds is 5. The smallest absolute Gasteiger partial charge is 0.245 e. The fraction of sp³-hybridized carbons (Fsp3) is 0.467. The Labute approximate surface area is 155 Å². The van der Waals surface area contributed by atoms with Crippen molar-refractivity contribution in [2.45, 2.75) is 24.8 Å². The number of fused-ring (bicyclic) bond motifs is 1. The summed E-state index contributed by atoms with van der Waals surface area (Å²) < 4.78 is 41.0. The highest BCUT2D eigenvalue weighted by molar-refractivity contribution is 7.89. The van der Waals surface area contributed by atoms with Crippen molar-refractivity contribution in [3.8, 4) is 0 Å². The van der Waals surface area contributed by atoms with Crippen molar-refractivity contribution >= 4 is 32.8 Å². The van der Waals surface area contributed by atoms with Gasteiger partial charge in [-0.25, -0.2) is 8.42 Å². The molecular formula is C15H18N6O3S2. The van der Waals surface area contributed by atoms with E-state index in [1.54, 1.807) is 18.2 Å². The van der Waals surface area contributed by atoms with Gasteiger partial charge in [0.05, 0.1) is 18.3 Å². The van der Waals surface area contributed by atoms with Gasteiger partial charge in [0.1, 0.15) is 15.9 Å². The van der Waals surface area contributed by atoms with Crippen LogP contribution in [0.1, 0.15) is 18.6 Å². The molecule has 0 bridgehead atoms.